The van der Waals surface area contributed by atoms with E-state index >= 15 is 0 Å². The highest BCUT2D eigenvalue weighted by atomic mass is 32.2. The van der Waals surface area contributed by atoms with Crippen LogP contribution in [-0.2, 0) is 17.1 Å². The topological polar surface area (TPSA) is 88.5 Å². The van der Waals surface area contributed by atoms with Crippen molar-refractivity contribution < 1.29 is 13.2 Å². The Kier molecular flexibility index (Phi) is 5.39. The second kappa shape index (κ2) is 7.61. The first kappa shape index (κ1) is 19.8. The minimum absolute atomic E-state index is 0.0657. The molecule has 1 aromatic heterocycles. The van der Waals surface area contributed by atoms with E-state index < -0.39 is 10.0 Å². The van der Waals surface area contributed by atoms with Gasteiger partial charge in [0.25, 0.3) is 5.91 Å². The number of anilines is 2. The fraction of sp³-hybridized carbons (Fsp3) is 0.158. The Hall–Kier alpha value is -2.91. The SMILES string of the molecule is C=CCN(c1ccc(C(=O)Nc2ccc3c(c2)sc(=O)n3C)cc1)S(C)(=O)=O. The van der Waals surface area contributed by atoms with Crippen LogP contribution in [0.5, 0.6) is 0 Å². The Balaban J connectivity index is 1.81. The molecule has 0 aliphatic rings. The zero-order valence-corrected chi connectivity index (χ0v) is 17.0. The van der Waals surface area contributed by atoms with Gasteiger partial charge < -0.3 is 9.88 Å². The average molecular weight is 418 g/mol. The maximum Gasteiger partial charge on any atom is 0.307 e. The Bertz CT molecular complexity index is 1210. The first-order valence-electron chi connectivity index (χ1n) is 8.30. The Morgan fingerprint density at radius 3 is 2.54 bits per heavy atom. The van der Waals surface area contributed by atoms with Gasteiger partial charge in [0, 0.05) is 18.3 Å². The summed E-state index contributed by atoms with van der Waals surface area (Å²) in [4.78, 5) is 24.2. The van der Waals surface area contributed by atoms with Crippen molar-refractivity contribution in [3.63, 3.8) is 0 Å². The molecule has 1 amide bonds. The van der Waals surface area contributed by atoms with E-state index in [1.807, 2.05) is 0 Å². The van der Waals surface area contributed by atoms with Crippen molar-refractivity contribution in [2.24, 2.45) is 7.05 Å². The molecular weight excluding hydrogens is 398 g/mol. The number of rotatable bonds is 6. The monoisotopic (exact) mass is 417 g/mol. The minimum Gasteiger partial charge on any atom is -0.322 e. The van der Waals surface area contributed by atoms with Crippen molar-refractivity contribution in [2.45, 2.75) is 0 Å². The summed E-state index contributed by atoms with van der Waals surface area (Å²) in [6.45, 7) is 3.71. The fourth-order valence-corrected chi connectivity index (χ4v) is 4.54. The van der Waals surface area contributed by atoms with Gasteiger partial charge in [-0.15, -0.1) is 6.58 Å². The summed E-state index contributed by atoms with van der Waals surface area (Å²) >= 11 is 1.11. The highest BCUT2D eigenvalue weighted by Gasteiger charge is 2.16. The largest absolute Gasteiger partial charge is 0.322 e. The first-order valence-corrected chi connectivity index (χ1v) is 11.0. The van der Waals surface area contributed by atoms with Crippen molar-refractivity contribution in [1.82, 2.24) is 4.57 Å². The van der Waals surface area contributed by atoms with Crippen LogP contribution in [0, 0.1) is 0 Å². The third-order valence-electron chi connectivity index (χ3n) is 4.16. The lowest BCUT2D eigenvalue weighted by molar-refractivity contribution is 0.102. The molecule has 7 nitrogen and oxygen atoms in total. The molecule has 9 heteroatoms. The van der Waals surface area contributed by atoms with Gasteiger partial charge in [-0.05, 0) is 42.5 Å². The highest BCUT2D eigenvalue weighted by molar-refractivity contribution is 7.92. The van der Waals surface area contributed by atoms with Gasteiger partial charge in [-0.25, -0.2) is 8.42 Å². The summed E-state index contributed by atoms with van der Waals surface area (Å²) in [5, 5.41) is 2.79. The van der Waals surface area contributed by atoms with Crippen molar-refractivity contribution in [3.05, 3.63) is 70.4 Å². The molecule has 28 heavy (non-hydrogen) atoms. The quantitative estimate of drug-likeness (QED) is 0.625. The number of nitrogens with one attached hydrogen (secondary N) is 1. The smallest absolute Gasteiger partial charge is 0.307 e. The number of fused-ring (bicyclic) bond motifs is 1. The van der Waals surface area contributed by atoms with E-state index in [1.54, 1.807) is 54.1 Å². The Morgan fingerprint density at radius 2 is 1.93 bits per heavy atom. The van der Waals surface area contributed by atoms with E-state index in [2.05, 4.69) is 11.9 Å². The van der Waals surface area contributed by atoms with Crippen LogP contribution in [0.25, 0.3) is 10.2 Å². The van der Waals surface area contributed by atoms with Crippen LogP contribution in [0.1, 0.15) is 10.4 Å². The number of sulfonamides is 1. The third kappa shape index (κ3) is 4.00. The second-order valence-electron chi connectivity index (χ2n) is 6.19. The summed E-state index contributed by atoms with van der Waals surface area (Å²) in [5.41, 5.74) is 2.22. The molecule has 0 spiro atoms. The molecule has 1 heterocycles. The predicted octanol–water partition coefficient (Wildman–Crippen LogP) is 2.80. The zero-order valence-electron chi connectivity index (χ0n) is 15.4. The molecule has 1 N–H and O–H groups in total. The van der Waals surface area contributed by atoms with Gasteiger partial charge in [0.05, 0.1) is 28.7 Å². The normalized spacial score (nSPS) is 11.4. The van der Waals surface area contributed by atoms with Gasteiger partial charge in [0.1, 0.15) is 0 Å². The Labute approximate surface area is 166 Å². The summed E-state index contributed by atoms with van der Waals surface area (Å²) in [5.74, 6) is -0.330. The number of amides is 1. The first-order chi connectivity index (χ1) is 13.2. The fourth-order valence-electron chi connectivity index (χ4n) is 2.74. The molecule has 0 saturated heterocycles. The zero-order chi connectivity index (χ0) is 20.5. The molecule has 3 rings (SSSR count). The van der Waals surface area contributed by atoms with Gasteiger partial charge >= 0.3 is 4.87 Å². The molecule has 0 aliphatic carbocycles. The molecule has 146 valence electrons. The van der Waals surface area contributed by atoms with Crippen LogP contribution < -0.4 is 14.5 Å². The van der Waals surface area contributed by atoms with Crippen molar-refractivity contribution in [3.8, 4) is 0 Å². The van der Waals surface area contributed by atoms with Crippen molar-refractivity contribution in [1.29, 1.82) is 0 Å². The minimum atomic E-state index is -3.45. The maximum atomic E-state index is 12.5. The lowest BCUT2D eigenvalue weighted by atomic mass is 10.2. The van der Waals surface area contributed by atoms with E-state index in [0.717, 1.165) is 27.8 Å². The van der Waals surface area contributed by atoms with E-state index in [0.29, 0.717) is 16.9 Å². The molecule has 0 bridgehead atoms. The molecule has 3 aromatic rings. The molecule has 0 saturated carbocycles. The van der Waals surface area contributed by atoms with Crippen LogP contribution in [0.2, 0.25) is 0 Å². The number of nitrogens with zero attached hydrogens (tertiary/aromatic N) is 2. The van der Waals surface area contributed by atoms with Crippen LogP contribution in [0.3, 0.4) is 0 Å². The van der Waals surface area contributed by atoms with Gasteiger partial charge in [0.15, 0.2) is 0 Å². The number of aromatic nitrogens is 1. The summed E-state index contributed by atoms with van der Waals surface area (Å²) in [6, 6.07) is 11.5. The van der Waals surface area contributed by atoms with Gasteiger partial charge in [0.2, 0.25) is 10.0 Å². The number of carbonyl (C=O) groups is 1. The number of hydrogen-bond donors (Lipinski definition) is 1. The third-order valence-corrected chi connectivity index (χ3v) is 6.32. The van der Waals surface area contributed by atoms with Crippen LogP contribution in [0.4, 0.5) is 11.4 Å². The molecule has 2 aromatic carbocycles. The van der Waals surface area contributed by atoms with Crippen LogP contribution in [-0.4, -0.2) is 31.7 Å². The van der Waals surface area contributed by atoms with E-state index in [9.17, 15) is 18.0 Å². The van der Waals surface area contributed by atoms with Gasteiger partial charge in [-0.1, -0.05) is 17.4 Å². The van der Waals surface area contributed by atoms with Crippen molar-refractivity contribution in [2.75, 3.05) is 22.4 Å². The van der Waals surface area contributed by atoms with Crippen molar-refractivity contribution >= 4 is 48.9 Å². The highest BCUT2D eigenvalue weighted by Crippen LogP contribution is 2.22. The summed E-state index contributed by atoms with van der Waals surface area (Å²) in [6.07, 6.45) is 2.61. The number of thiazole rings is 1. The predicted molar refractivity (Wildman–Crippen MR) is 114 cm³/mol. The molecule has 0 atom stereocenters. The van der Waals surface area contributed by atoms with Crippen LogP contribution >= 0.6 is 11.3 Å². The standard InChI is InChI=1S/C19H19N3O4S2/c1-4-11-22(28(3,25)26)15-8-5-13(6-9-15)18(23)20-14-7-10-16-17(12-14)27-19(24)21(16)2/h4-10,12H,1,11H2,2-3H3,(H,20,23). The molecule has 0 aliphatic heterocycles. The van der Waals surface area contributed by atoms with E-state index in [4.69, 9.17) is 0 Å². The van der Waals surface area contributed by atoms with Gasteiger partial charge in [-0.3, -0.25) is 13.9 Å². The lowest BCUT2D eigenvalue weighted by Crippen LogP contribution is -2.29. The van der Waals surface area contributed by atoms with E-state index in [1.165, 1.54) is 10.4 Å². The van der Waals surface area contributed by atoms with E-state index in [-0.39, 0.29) is 17.3 Å². The van der Waals surface area contributed by atoms with Crippen LogP contribution in [0.15, 0.2) is 59.9 Å². The van der Waals surface area contributed by atoms with Gasteiger partial charge in [-0.2, -0.15) is 0 Å². The lowest BCUT2D eigenvalue weighted by Gasteiger charge is -2.20. The molecular formula is C19H19N3O4S2. The number of aryl methyl sites for hydroxylation is 1. The Morgan fingerprint density at radius 1 is 1.25 bits per heavy atom. The second-order valence-corrected chi connectivity index (χ2v) is 9.09. The molecule has 0 unspecified atom stereocenters. The summed E-state index contributed by atoms with van der Waals surface area (Å²) < 4.78 is 27.3. The number of carbonyl (C=O) groups excluding carboxylic acids is 1. The number of hydrogen-bond acceptors (Lipinski definition) is 5. The average Bonchev–Trinajstić information content (AvgIpc) is 2.92. The number of benzene rings is 2. The maximum absolute atomic E-state index is 12.5. The molecule has 0 fully saturated rings. The summed E-state index contributed by atoms with van der Waals surface area (Å²) in [7, 11) is -1.75. The molecule has 0 radical (unpaired) electrons.